The maximum absolute atomic E-state index is 5.42. The fourth-order valence-corrected chi connectivity index (χ4v) is 1.97. The van der Waals surface area contributed by atoms with Gasteiger partial charge in [-0.15, -0.1) is 5.10 Å². The number of aryl methyl sites for hydroxylation is 1. The summed E-state index contributed by atoms with van der Waals surface area (Å²) in [6, 6.07) is 0.236. The van der Waals surface area contributed by atoms with E-state index in [9.17, 15) is 0 Å². The maximum Gasteiger partial charge on any atom is 0.0773 e. The molecule has 5 heteroatoms. The zero-order valence-electron chi connectivity index (χ0n) is 8.91. The van der Waals surface area contributed by atoms with E-state index in [2.05, 4.69) is 21.8 Å². The van der Waals surface area contributed by atoms with Crippen LogP contribution in [0.2, 0.25) is 0 Å². The molecule has 1 aromatic rings. The number of ether oxygens (including phenoxy) is 1. The van der Waals surface area contributed by atoms with Gasteiger partial charge in [-0.25, -0.2) is 0 Å². The summed E-state index contributed by atoms with van der Waals surface area (Å²) in [5.41, 5.74) is 1.00. The van der Waals surface area contributed by atoms with Gasteiger partial charge in [-0.3, -0.25) is 0 Å². The van der Waals surface area contributed by atoms with Gasteiger partial charge in [-0.1, -0.05) is 11.4 Å². The lowest BCUT2D eigenvalue weighted by Crippen LogP contribution is -2.25. The van der Waals surface area contributed by atoms with Gasteiger partial charge in [0, 0.05) is 6.61 Å². The van der Waals surface area contributed by atoms with Gasteiger partial charge < -0.3 is 10.1 Å². The Bertz CT molecular complexity index is 264. The zero-order valence-corrected chi connectivity index (χ0v) is 9.73. The molecule has 0 aliphatic heterocycles. The van der Waals surface area contributed by atoms with Crippen molar-refractivity contribution in [2.75, 3.05) is 19.8 Å². The first kappa shape index (κ1) is 11.6. The third-order valence-corrected chi connectivity index (χ3v) is 2.88. The smallest absolute Gasteiger partial charge is 0.0773 e. The van der Waals surface area contributed by atoms with Crippen molar-refractivity contribution in [1.29, 1.82) is 0 Å². The molecule has 0 aromatic carbocycles. The Morgan fingerprint density at radius 2 is 2.29 bits per heavy atom. The van der Waals surface area contributed by atoms with Crippen molar-refractivity contribution in [3.8, 4) is 0 Å². The molecule has 1 heterocycles. The fourth-order valence-electron chi connectivity index (χ4n) is 1.27. The Balaban J connectivity index is 2.62. The zero-order chi connectivity index (χ0) is 10.4. The van der Waals surface area contributed by atoms with Crippen molar-refractivity contribution in [2.45, 2.75) is 26.8 Å². The first-order valence-electron chi connectivity index (χ1n) is 4.89. The summed E-state index contributed by atoms with van der Waals surface area (Å²) in [7, 11) is 0. The first-order valence-corrected chi connectivity index (χ1v) is 5.66. The minimum atomic E-state index is 0.236. The normalized spacial score (nSPS) is 13.1. The van der Waals surface area contributed by atoms with Crippen molar-refractivity contribution in [2.24, 2.45) is 0 Å². The largest absolute Gasteiger partial charge is 0.380 e. The molecule has 1 atom stereocenters. The number of likely N-dealkylation sites (N-methyl/N-ethyl adjacent to an activating group) is 1. The average molecular weight is 215 g/mol. The third-order valence-electron chi connectivity index (χ3n) is 1.94. The van der Waals surface area contributed by atoms with Gasteiger partial charge in [-0.2, -0.15) is 0 Å². The summed E-state index contributed by atoms with van der Waals surface area (Å²) >= 11 is 1.44. The van der Waals surface area contributed by atoms with Crippen LogP contribution in [0.15, 0.2) is 0 Å². The van der Waals surface area contributed by atoms with Gasteiger partial charge >= 0.3 is 0 Å². The molecule has 0 fully saturated rings. The number of rotatable bonds is 6. The van der Waals surface area contributed by atoms with E-state index in [1.165, 1.54) is 16.4 Å². The maximum atomic E-state index is 5.42. The van der Waals surface area contributed by atoms with Gasteiger partial charge in [0.1, 0.15) is 0 Å². The molecule has 0 radical (unpaired) electrons. The highest BCUT2D eigenvalue weighted by Crippen LogP contribution is 2.19. The Morgan fingerprint density at radius 3 is 2.79 bits per heavy atom. The number of nitrogens with one attached hydrogen (secondary N) is 1. The van der Waals surface area contributed by atoms with Crippen LogP contribution >= 0.6 is 11.5 Å². The van der Waals surface area contributed by atoms with Crippen LogP contribution in [-0.4, -0.2) is 29.3 Å². The summed E-state index contributed by atoms with van der Waals surface area (Å²) in [4.78, 5) is 1.18. The summed E-state index contributed by atoms with van der Waals surface area (Å²) in [6.07, 6.45) is 0. The first-order chi connectivity index (χ1) is 6.79. The predicted octanol–water partition coefficient (Wildman–Crippen LogP) is 1.53. The summed E-state index contributed by atoms with van der Waals surface area (Å²) in [6.45, 7) is 8.43. The molecular formula is C9H17N3OS. The number of hydrogen-bond acceptors (Lipinski definition) is 5. The molecule has 80 valence electrons. The van der Waals surface area contributed by atoms with Gasteiger partial charge in [-0.05, 0) is 31.9 Å². The monoisotopic (exact) mass is 215 g/mol. The highest BCUT2D eigenvalue weighted by molar-refractivity contribution is 7.05. The van der Waals surface area contributed by atoms with E-state index in [1.54, 1.807) is 0 Å². The van der Waals surface area contributed by atoms with Crippen LogP contribution < -0.4 is 5.32 Å². The molecule has 0 aliphatic rings. The molecule has 1 rings (SSSR count). The predicted molar refractivity (Wildman–Crippen MR) is 57.6 cm³/mol. The quantitative estimate of drug-likeness (QED) is 0.782. The SMILES string of the molecule is CCNC(COCC)c1snnc1C. The molecule has 0 bridgehead atoms. The van der Waals surface area contributed by atoms with Crippen LogP contribution in [-0.2, 0) is 4.74 Å². The standard InChI is InChI=1S/C9H17N3OS/c1-4-10-8(6-13-5-2)9-7(3)11-12-14-9/h8,10H,4-6H2,1-3H3. The summed E-state index contributed by atoms with van der Waals surface area (Å²) < 4.78 is 9.34. The molecule has 1 N–H and O–H groups in total. The van der Waals surface area contributed by atoms with Crippen LogP contribution in [0.1, 0.15) is 30.5 Å². The minimum Gasteiger partial charge on any atom is -0.380 e. The lowest BCUT2D eigenvalue weighted by molar-refractivity contribution is 0.124. The lowest BCUT2D eigenvalue weighted by Gasteiger charge is -2.15. The van der Waals surface area contributed by atoms with E-state index >= 15 is 0 Å². The molecule has 4 nitrogen and oxygen atoms in total. The Hall–Kier alpha value is -0.520. The highest BCUT2D eigenvalue weighted by atomic mass is 32.1. The van der Waals surface area contributed by atoms with Crippen LogP contribution in [0, 0.1) is 6.92 Å². The Morgan fingerprint density at radius 1 is 1.50 bits per heavy atom. The summed E-state index contributed by atoms with van der Waals surface area (Å²) in [5, 5.41) is 7.37. The van der Waals surface area contributed by atoms with Crippen molar-refractivity contribution >= 4 is 11.5 Å². The number of nitrogens with zero attached hydrogens (tertiary/aromatic N) is 2. The fraction of sp³-hybridized carbons (Fsp3) is 0.778. The second-order valence-electron chi connectivity index (χ2n) is 2.99. The third kappa shape index (κ3) is 3.01. The van der Waals surface area contributed by atoms with E-state index in [1.807, 2.05) is 13.8 Å². The van der Waals surface area contributed by atoms with Crippen molar-refractivity contribution in [1.82, 2.24) is 14.9 Å². The van der Waals surface area contributed by atoms with E-state index in [4.69, 9.17) is 4.74 Å². The molecule has 0 spiro atoms. The lowest BCUT2D eigenvalue weighted by atomic mass is 10.2. The Kier molecular flexibility index (Phi) is 5.00. The second kappa shape index (κ2) is 6.06. The van der Waals surface area contributed by atoms with Crippen molar-refractivity contribution in [3.05, 3.63) is 10.6 Å². The molecule has 0 amide bonds. The van der Waals surface area contributed by atoms with Gasteiger partial charge in [0.25, 0.3) is 0 Å². The van der Waals surface area contributed by atoms with Crippen LogP contribution in [0.25, 0.3) is 0 Å². The molecule has 1 unspecified atom stereocenters. The second-order valence-corrected chi connectivity index (χ2v) is 3.78. The van der Waals surface area contributed by atoms with E-state index < -0.39 is 0 Å². The summed E-state index contributed by atoms with van der Waals surface area (Å²) in [5.74, 6) is 0. The van der Waals surface area contributed by atoms with Crippen LogP contribution in [0.4, 0.5) is 0 Å². The molecule has 0 saturated carbocycles. The topological polar surface area (TPSA) is 47.0 Å². The van der Waals surface area contributed by atoms with E-state index in [0.29, 0.717) is 6.61 Å². The molecule has 0 aliphatic carbocycles. The van der Waals surface area contributed by atoms with E-state index in [-0.39, 0.29) is 6.04 Å². The van der Waals surface area contributed by atoms with Gasteiger partial charge in [0.2, 0.25) is 0 Å². The average Bonchev–Trinajstić information content (AvgIpc) is 2.59. The highest BCUT2D eigenvalue weighted by Gasteiger charge is 2.15. The van der Waals surface area contributed by atoms with Gasteiger partial charge in [0.15, 0.2) is 0 Å². The van der Waals surface area contributed by atoms with Crippen molar-refractivity contribution in [3.63, 3.8) is 0 Å². The van der Waals surface area contributed by atoms with E-state index in [0.717, 1.165) is 18.8 Å². The molecule has 14 heavy (non-hydrogen) atoms. The molecule has 1 aromatic heterocycles. The van der Waals surface area contributed by atoms with Crippen molar-refractivity contribution < 1.29 is 4.74 Å². The molecule has 0 saturated heterocycles. The minimum absolute atomic E-state index is 0.236. The van der Waals surface area contributed by atoms with Gasteiger partial charge in [0.05, 0.1) is 23.2 Å². The number of hydrogen-bond donors (Lipinski definition) is 1. The van der Waals surface area contributed by atoms with Crippen LogP contribution in [0.3, 0.4) is 0 Å². The van der Waals surface area contributed by atoms with Crippen LogP contribution in [0.5, 0.6) is 0 Å². The number of aromatic nitrogens is 2. The molecular weight excluding hydrogens is 198 g/mol. The Labute approximate surface area is 88.8 Å².